The average molecular weight is 457 g/mol. The van der Waals surface area contributed by atoms with Gasteiger partial charge in [0.25, 0.3) is 5.91 Å². The van der Waals surface area contributed by atoms with Crippen LogP contribution < -0.4 is 15.5 Å². The summed E-state index contributed by atoms with van der Waals surface area (Å²) in [5.41, 5.74) is 2.19. The Labute approximate surface area is 196 Å². The van der Waals surface area contributed by atoms with Crippen molar-refractivity contribution in [2.45, 2.75) is 0 Å². The monoisotopic (exact) mass is 456 g/mol. The third-order valence-corrected chi connectivity index (χ3v) is 5.64. The van der Waals surface area contributed by atoms with Crippen molar-refractivity contribution in [1.29, 1.82) is 0 Å². The first kappa shape index (κ1) is 21.7. The Bertz CT molecular complexity index is 1350. The summed E-state index contributed by atoms with van der Waals surface area (Å²) in [6.45, 7) is 2.03. The van der Waals surface area contributed by atoms with E-state index < -0.39 is 0 Å². The Morgan fingerprint density at radius 2 is 1.71 bits per heavy atom. The minimum absolute atomic E-state index is 0.120. The molecule has 1 fully saturated rings. The van der Waals surface area contributed by atoms with Gasteiger partial charge in [0.05, 0.1) is 24.1 Å². The number of morpholine rings is 1. The summed E-state index contributed by atoms with van der Waals surface area (Å²) in [7, 11) is 0. The number of hydrogen-bond donors (Lipinski definition) is 1. The fraction of sp³-hybridized carbons (Fsp3) is 0.192. The van der Waals surface area contributed by atoms with Crippen molar-refractivity contribution in [3.63, 3.8) is 0 Å². The molecule has 2 aromatic carbocycles. The van der Waals surface area contributed by atoms with Gasteiger partial charge in [-0.25, -0.2) is 4.98 Å². The van der Waals surface area contributed by atoms with Crippen molar-refractivity contribution in [2.24, 2.45) is 0 Å². The zero-order chi connectivity index (χ0) is 23.3. The Hall–Kier alpha value is -4.17. The average Bonchev–Trinajstić information content (AvgIpc) is 2.89. The van der Waals surface area contributed by atoms with Crippen LogP contribution in [0.25, 0.3) is 16.6 Å². The van der Waals surface area contributed by atoms with Crippen LogP contribution in [-0.4, -0.2) is 53.3 Å². The molecule has 0 aliphatic carbocycles. The van der Waals surface area contributed by atoms with Gasteiger partial charge < -0.3 is 19.7 Å². The highest BCUT2D eigenvalue weighted by molar-refractivity contribution is 5.84. The quantitative estimate of drug-likeness (QED) is 0.479. The van der Waals surface area contributed by atoms with Gasteiger partial charge in [-0.3, -0.25) is 14.2 Å². The Kier molecular flexibility index (Phi) is 6.22. The van der Waals surface area contributed by atoms with Gasteiger partial charge in [-0.05, 0) is 24.3 Å². The molecule has 2 aromatic heterocycles. The molecule has 5 rings (SSSR count). The van der Waals surface area contributed by atoms with Crippen LogP contribution in [-0.2, 0) is 9.53 Å². The van der Waals surface area contributed by atoms with Gasteiger partial charge in [0.1, 0.15) is 5.82 Å². The number of amides is 1. The van der Waals surface area contributed by atoms with Crippen molar-refractivity contribution in [3.05, 3.63) is 89.2 Å². The molecule has 0 spiro atoms. The zero-order valence-corrected chi connectivity index (χ0v) is 18.5. The maximum absolute atomic E-state index is 13.0. The topological polar surface area (TPSA) is 85.7 Å². The van der Waals surface area contributed by atoms with Gasteiger partial charge in [0, 0.05) is 42.8 Å². The van der Waals surface area contributed by atoms with Crippen molar-refractivity contribution < 1.29 is 14.3 Å². The molecule has 1 saturated heterocycles. The van der Waals surface area contributed by atoms with Crippen LogP contribution in [0.3, 0.4) is 0 Å². The van der Waals surface area contributed by atoms with E-state index in [4.69, 9.17) is 9.47 Å². The Morgan fingerprint density at radius 1 is 1.00 bits per heavy atom. The lowest BCUT2D eigenvalue weighted by Crippen LogP contribution is -2.43. The number of hydrogen-bond acceptors (Lipinski definition) is 6. The molecule has 1 aliphatic heterocycles. The molecule has 0 unspecified atom stereocenters. The summed E-state index contributed by atoms with van der Waals surface area (Å²) >= 11 is 0. The second-order valence-electron chi connectivity index (χ2n) is 7.88. The van der Waals surface area contributed by atoms with Gasteiger partial charge in [0.2, 0.25) is 5.88 Å². The van der Waals surface area contributed by atoms with Crippen molar-refractivity contribution >= 4 is 28.3 Å². The molecular weight excluding hydrogens is 432 g/mol. The van der Waals surface area contributed by atoms with Crippen LogP contribution >= 0.6 is 0 Å². The number of fused-ring (bicyclic) bond motifs is 1. The van der Waals surface area contributed by atoms with Gasteiger partial charge in [0.15, 0.2) is 12.0 Å². The summed E-state index contributed by atoms with van der Waals surface area (Å²) < 4.78 is 13.0. The highest BCUT2D eigenvalue weighted by Crippen LogP contribution is 2.26. The summed E-state index contributed by atoms with van der Waals surface area (Å²) in [5.74, 6) is 0.761. The molecular formula is C26H24N4O4. The molecule has 8 heteroatoms. The van der Waals surface area contributed by atoms with Crippen molar-refractivity contribution in [3.8, 4) is 11.6 Å². The minimum atomic E-state index is -0.163. The van der Waals surface area contributed by atoms with E-state index in [9.17, 15) is 9.59 Å². The number of rotatable bonds is 6. The van der Waals surface area contributed by atoms with Crippen molar-refractivity contribution in [1.82, 2.24) is 14.5 Å². The number of pyridine rings is 2. The maximum atomic E-state index is 13.0. The number of benzene rings is 2. The third-order valence-electron chi connectivity index (χ3n) is 5.64. The van der Waals surface area contributed by atoms with E-state index in [1.54, 1.807) is 17.0 Å². The highest BCUT2D eigenvalue weighted by Gasteiger charge is 2.18. The number of para-hydroxylation sites is 2. The SMILES string of the molecule is O=C(COc1cc2c(cn1)c(=O)cc(Nc1ccccc1)n2-c1ccccc1)N1CCOCC1. The maximum Gasteiger partial charge on any atom is 0.260 e. The lowest BCUT2D eigenvalue weighted by molar-refractivity contribution is -0.137. The standard InChI is InChI=1S/C26H24N4O4/c31-23-16-24(28-19-7-3-1-4-8-19)30(20-9-5-2-6-10-20)22-15-25(27-17-21(22)23)34-18-26(32)29-11-13-33-14-12-29/h1-10,15-17,28H,11-14,18H2. The summed E-state index contributed by atoms with van der Waals surface area (Å²) in [6, 6.07) is 22.6. The molecule has 0 atom stereocenters. The molecule has 34 heavy (non-hydrogen) atoms. The number of anilines is 2. The van der Waals surface area contributed by atoms with E-state index in [0.717, 1.165) is 11.4 Å². The largest absolute Gasteiger partial charge is 0.467 e. The normalized spacial score (nSPS) is 13.6. The van der Waals surface area contributed by atoms with Crippen LogP contribution in [0, 0.1) is 0 Å². The predicted octanol–water partition coefficient (Wildman–Crippen LogP) is 3.37. The number of nitrogens with zero attached hydrogens (tertiary/aromatic N) is 3. The smallest absolute Gasteiger partial charge is 0.260 e. The first-order chi connectivity index (χ1) is 16.7. The Balaban J connectivity index is 1.53. The molecule has 4 aromatic rings. The molecule has 0 saturated carbocycles. The fourth-order valence-corrected chi connectivity index (χ4v) is 3.93. The lowest BCUT2D eigenvalue weighted by Gasteiger charge is -2.26. The zero-order valence-electron chi connectivity index (χ0n) is 18.5. The lowest BCUT2D eigenvalue weighted by atomic mass is 10.2. The van der Waals surface area contributed by atoms with E-state index >= 15 is 0 Å². The first-order valence-corrected chi connectivity index (χ1v) is 11.1. The Morgan fingerprint density at radius 3 is 2.44 bits per heavy atom. The van der Waals surface area contributed by atoms with E-state index in [2.05, 4.69) is 10.3 Å². The number of carbonyl (C=O) groups is 1. The van der Waals surface area contributed by atoms with E-state index in [0.29, 0.717) is 43.0 Å². The van der Waals surface area contributed by atoms with Crippen LogP contribution in [0.4, 0.5) is 11.5 Å². The third kappa shape index (κ3) is 4.62. The summed E-state index contributed by atoms with van der Waals surface area (Å²) in [5, 5.41) is 3.80. The molecule has 1 aliphatic rings. The molecule has 0 radical (unpaired) electrons. The number of nitrogens with one attached hydrogen (secondary N) is 1. The molecule has 0 bridgehead atoms. The van der Waals surface area contributed by atoms with Crippen LogP contribution in [0.5, 0.6) is 5.88 Å². The van der Waals surface area contributed by atoms with E-state index in [1.165, 1.54) is 6.20 Å². The van der Waals surface area contributed by atoms with Gasteiger partial charge in [-0.2, -0.15) is 0 Å². The molecule has 1 amide bonds. The molecule has 172 valence electrons. The van der Waals surface area contributed by atoms with Crippen LogP contribution in [0.15, 0.2) is 83.8 Å². The molecule has 3 heterocycles. The molecule has 8 nitrogen and oxygen atoms in total. The first-order valence-electron chi connectivity index (χ1n) is 11.1. The van der Waals surface area contributed by atoms with Crippen LogP contribution in [0.2, 0.25) is 0 Å². The van der Waals surface area contributed by atoms with Gasteiger partial charge >= 0.3 is 0 Å². The van der Waals surface area contributed by atoms with E-state index in [-0.39, 0.29) is 23.8 Å². The predicted molar refractivity (Wildman–Crippen MR) is 130 cm³/mol. The van der Waals surface area contributed by atoms with Gasteiger partial charge in [-0.15, -0.1) is 0 Å². The second kappa shape index (κ2) is 9.76. The minimum Gasteiger partial charge on any atom is -0.467 e. The van der Waals surface area contributed by atoms with E-state index in [1.807, 2.05) is 65.2 Å². The van der Waals surface area contributed by atoms with Crippen LogP contribution in [0.1, 0.15) is 0 Å². The molecule has 1 N–H and O–H groups in total. The fourth-order valence-electron chi connectivity index (χ4n) is 3.93. The number of carbonyl (C=O) groups excluding carboxylic acids is 1. The summed E-state index contributed by atoms with van der Waals surface area (Å²) in [6.07, 6.45) is 1.50. The van der Waals surface area contributed by atoms with Gasteiger partial charge in [-0.1, -0.05) is 36.4 Å². The van der Waals surface area contributed by atoms with Crippen molar-refractivity contribution in [2.75, 3.05) is 38.2 Å². The second-order valence-corrected chi connectivity index (χ2v) is 7.88. The number of aromatic nitrogens is 2. The summed E-state index contributed by atoms with van der Waals surface area (Å²) in [4.78, 5) is 31.4. The highest BCUT2D eigenvalue weighted by atomic mass is 16.5. The number of ether oxygens (including phenoxy) is 2.